The summed E-state index contributed by atoms with van der Waals surface area (Å²) in [7, 11) is 0. The number of ether oxygens (including phenoxy) is 3. The molecule has 0 unspecified atom stereocenters. The van der Waals surface area contributed by atoms with Crippen molar-refractivity contribution in [3.8, 4) is 5.75 Å². The van der Waals surface area contributed by atoms with Gasteiger partial charge >= 0.3 is 11.9 Å². The van der Waals surface area contributed by atoms with Gasteiger partial charge in [0.2, 0.25) is 0 Å². The summed E-state index contributed by atoms with van der Waals surface area (Å²) in [6.07, 6.45) is 7.43. The highest BCUT2D eigenvalue weighted by Gasteiger charge is 2.38. The fraction of sp³-hybridized carbons (Fsp3) is 0.500. The van der Waals surface area contributed by atoms with E-state index in [4.69, 9.17) is 14.2 Å². The smallest absolute Gasteiger partial charge is 0.348 e. The van der Waals surface area contributed by atoms with Crippen LogP contribution in [-0.2, 0) is 19.1 Å². The Hall–Kier alpha value is -2.30. The minimum atomic E-state index is -1.22. The topological polar surface area (TPSA) is 61.8 Å². The molecule has 0 N–H and O–H groups in total. The van der Waals surface area contributed by atoms with Crippen molar-refractivity contribution in [1.29, 1.82) is 0 Å². The number of unbranched alkanes of at least 4 members (excludes halogenated alkanes) is 4. The van der Waals surface area contributed by atoms with Crippen LogP contribution in [0.3, 0.4) is 0 Å². The van der Waals surface area contributed by atoms with E-state index in [-0.39, 0.29) is 5.57 Å². The maximum Gasteiger partial charge on any atom is 0.348 e. The molecule has 0 bridgehead atoms. The minimum absolute atomic E-state index is 0.107. The summed E-state index contributed by atoms with van der Waals surface area (Å²) in [6, 6.07) is 7.23. The number of cyclic esters (lactones) is 2. The molecule has 1 aliphatic rings. The molecule has 1 heterocycles. The molecule has 1 aromatic carbocycles. The quantitative estimate of drug-likeness (QED) is 0.305. The predicted molar refractivity (Wildman–Crippen MR) is 94.9 cm³/mol. The fourth-order valence-corrected chi connectivity index (χ4v) is 2.50. The van der Waals surface area contributed by atoms with Gasteiger partial charge in [0.1, 0.15) is 11.3 Å². The van der Waals surface area contributed by atoms with Gasteiger partial charge in [0.15, 0.2) is 0 Å². The van der Waals surface area contributed by atoms with Gasteiger partial charge in [-0.2, -0.15) is 0 Å². The van der Waals surface area contributed by atoms with Gasteiger partial charge in [-0.1, -0.05) is 44.7 Å². The molecule has 1 fully saturated rings. The van der Waals surface area contributed by atoms with Crippen LogP contribution in [0.1, 0.15) is 58.4 Å². The van der Waals surface area contributed by atoms with Crippen molar-refractivity contribution >= 4 is 18.0 Å². The van der Waals surface area contributed by atoms with Crippen LogP contribution in [-0.4, -0.2) is 24.3 Å². The zero-order valence-corrected chi connectivity index (χ0v) is 15.2. The number of carbonyl (C=O) groups excluding carboxylic acids is 2. The summed E-state index contributed by atoms with van der Waals surface area (Å²) in [5.41, 5.74) is 0.600. The van der Waals surface area contributed by atoms with Crippen molar-refractivity contribution in [3.05, 3.63) is 35.4 Å². The molecule has 0 aromatic heterocycles. The van der Waals surface area contributed by atoms with Crippen LogP contribution < -0.4 is 4.74 Å². The maximum absolute atomic E-state index is 11.9. The third-order valence-electron chi connectivity index (χ3n) is 3.82. The second kappa shape index (κ2) is 8.70. The largest absolute Gasteiger partial charge is 0.494 e. The lowest BCUT2D eigenvalue weighted by molar-refractivity contribution is -0.222. The van der Waals surface area contributed by atoms with Gasteiger partial charge < -0.3 is 14.2 Å². The number of rotatable bonds is 8. The number of benzene rings is 1. The predicted octanol–water partition coefficient (Wildman–Crippen LogP) is 4.26. The van der Waals surface area contributed by atoms with E-state index in [9.17, 15) is 9.59 Å². The van der Waals surface area contributed by atoms with E-state index < -0.39 is 17.7 Å². The molecule has 1 saturated heterocycles. The molecule has 25 heavy (non-hydrogen) atoms. The summed E-state index contributed by atoms with van der Waals surface area (Å²) in [4.78, 5) is 23.8. The lowest BCUT2D eigenvalue weighted by atomic mass is 10.1. The Kier molecular flexibility index (Phi) is 6.62. The molecule has 1 aliphatic heterocycles. The van der Waals surface area contributed by atoms with E-state index in [0.29, 0.717) is 12.2 Å². The van der Waals surface area contributed by atoms with Gasteiger partial charge in [0.05, 0.1) is 6.61 Å². The zero-order valence-electron chi connectivity index (χ0n) is 15.2. The van der Waals surface area contributed by atoms with Crippen LogP contribution in [0.2, 0.25) is 0 Å². The highest BCUT2D eigenvalue weighted by atomic mass is 16.7. The van der Waals surface area contributed by atoms with E-state index in [1.807, 2.05) is 12.1 Å². The van der Waals surface area contributed by atoms with E-state index >= 15 is 0 Å². The molecular formula is C20H26O5. The summed E-state index contributed by atoms with van der Waals surface area (Å²) in [5.74, 6) is -1.80. The third kappa shape index (κ3) is 5.93. The highest BCUT2D eigenvalue weighted by molar-refractivity contribution is 6.18. The second-order valence-corrected chi connectivity index (χ2v) is 6.57. The van der Waals surface area contributed by atoms with E-state index in [1.165, 1.54) is 45.6 Å². The Morgan fingerprint density at radius 1 is 0.960 bits per heavy atom. The summed E-state index contributed by atoms with van der Waals surface area (Å²) in [6.45, 7) is 5.93. The lowest BCUT2D eigenvalue weighted by Crippen LogP contribution is -2.41. The first-order valence-electron chi connectivity index (χ1n) is 8.82. The minimum Gasteiger partial charge on any atom is -0.494 e. The van der Waals surface area contributed by atoms with E-state index in [2.05, 4.69) is 6.92 Å². The van der Waals surface area contributed by atoms with Crippen molar-refractivity contribution in [2.75, 3.05) is 6.61 Å². The molecule has 136 valence electrons. The zero-order chi connectivity index (χ0) is 18.3. The first kappa shape index (κ1) is 19.0. The molecule has 5 nitrogen and oxygen atoms in total. The van der Waals surface area contributed by atoms with Gasteiger partial charge in [-0.3, -0.25) is 0 Å². The monoisotopic (exact) mass is 346 g/mol. The Labute approximate surface area is 149 Å². The van der Waals surface area contributed by atoms with Crippen molar-refractivity contribution in [3.63, 3.8) is 0 Å². The molecular weight excluding hydrogens is 320 g/mol. The second-order valence-electron chi connectivity index (χ2n) is 6.57. The van der Waals surface area contributed by atoms with Crippen LogP contribution in [0.25, 0.3) is 6.08 Å². The summed E-state index contributed by atoms with van der Waals surface area (Å²) in [5, 5.41) is 0. The number of hydrogen-bond acceptors (Lipinski definition) is 5. The van der Waals surface area contributed by atoms with Gasteiger partial charge in [0, 0.05) is 13.8 Å². The van der Waals surface area contributed by atoms with Crippen LogP contribution in [0.5, 0.6) is 5.75 Å². The molecule has 2 rings (SSSR count). The van der Waals surface area contributed by atoms with Crippen molar-refractivity contribution < 1.29 is 23.8 Å². The van der Waals surface area contributed by atoms with Gasteiger partial charge in [-0.05, 0) is 30.2 Å². The molecule has 0 radical (unpaired) electrons. The number of hydrogen-bond donors (Lipinski definition) is 0. The summed E-state index contributed by atoms with van der Waals surface area (Å²) < 4.78 is 15.8. The van der Waals surface area contributed by atoms with Crippen LogP contribution in [0.4, 0.5) is 0 Å². The Bertz CT molecular complexity index is 606. The molecule has 0 amide bonds. The molecule has 0 spiro atoms. The Balaban J connectivity index is 1.89. The van der Waals surface area contributed by atoms with Gasteiger partial charge in [-0.15, -0.1) is 0 Å². The number of carbonyl (C=O) groups is 2. The van der Waals surface area contributed by atoms with Crippen molar-refractivity contribution in [2.24, 2.45) is 0 Å². The first-order valence-corrected chi connectivity index (χ1v) is 8.82. The van der Waals surface area contributed by atoms with Crippen LogP contribution in [0, 0.1) is 0 Å². The standard InChI is InChI=1S/C20H26O5/c1-4-5-6-7-8-13-23-16-11-9-15(10-12-16)14-17-18(21)24-20(2,3)25-19(17)22/h9-12,14H,4-8,13H2,1-3H3. The molecule has 1 aromatic rings. The molecule has 0 aliphatic carbocycles. The fourth-order valence-electron chi connectivity index (χ4n) is 2.50. The van der Waals surface area contributed by atoms with E-state index in [1.54, 1.807) is 12.1 Å². The van der Waals surface area contributed by atoms with Gasteiger partial charge in [-0.25, -0.2) is 9.59 Å². The summed E-state index contributed by atoms with van der Waals surface area (Å²) >= 11 is 0. The van der Waals surface area contributed by atoms with Crippen molar-refractivity contribution in [2.45, 2.75) is 58.7 Å². The lowest BCUT2D eigenvalue weighted by Gasteiger charge is -2.29. The SMILES string of the molecule is CCCCCCCOc1ccc(C=C2C(=O)OC(C)(C)OC2=O)cc1. The van der Waals surface area contributed by atoms with Crippen molar-refractivity contribution in [1.82, 2.24) is 0 Å². The average Bonchev–Trinajstić information content (AvgIpc) is 2.54. The average molecular weight is 346 g/mol. The Morgan fingerprint density at radius 2 is 1.56 bits per heavy atom. The first-order chi connectivity index (χ1) is 11.9. The van der Waals surface area contributed by atoms with Crippen LogP contribution in [0.15, 0.2) is 29.8 Å². The van der Waals surface area contributed by atoms with E-state index in [0.717, 1.165) is 12.2 Å². The Morgan fingerprint density at radius 3 is 2.16 bits per heavy atom. The van der Waals surface area contributed by atoms with Gasteiger partial charge in [0.25, 0.3) is 5.79 Å². The molecule has 5 heteroatoms. The molecule has 0 atom stereocenters. The third-order valence-corrected chi connectivity index (χ3v) is 3.82. The normalized spacial score (nSPS) is 16.2. The van der Waals surface area contributed by atoms with Crippen LogP contribution >= 0.6 is 0 Å². The molecule has 0 saturated carbocycles. The highest BCUT2D eigenvalue weighted by Crippen LogP contribution is 2.24. The maximum atomic E-state index is 11.9. The number of esters is 2.